The summed E-state index contributed by atoms with van der Waals surface area (Å²) in [6.45, 7) is 6.71. The second kappa shape index (κ2) is 7.24. The van der Waals surface area contributed by atoms with E-state index >= 15 is 0 Å². The molecule has 1 unspecified atom stereocenters. The molecule has 18 heavy (non-hydrogen) atoms. The smallest absolute Gasteiger partial charge is 0.121 e. The minimum absolute atomic E-state index is 0.142. The van der Waals surface area contributed by atoms with Crippen LogP contribution in [0.3, 0.4) is 0 Å². The van der Waals surface area contributed by atoms with Crippen LogP contribution in [0.1, 0.15) is 19.4 Å². The molecule has 0 fully saturated rings. The van der Waals surface area contributed by atoms with E-state index in [0.29, 0.717) is 13.2 Å². The lowest BCUT2D eigenvalue weighted by molar-refractivity contribution is 0.0112. The van der Waals surface area contributed by atoms with Gasteiger partial charge in [-0.05, 0) is 44.5 Å². The van der Waals surface area contributed by atoms with Crippen LogP contribution >= 0.6 is 0 Å². The Labute approximate surface area is 109 Å². The lowest BCUT2D eigenvalue weighted by Gasteiger charge is -2.15. The van der Waals surface area contributed by atoms with Crippen LogP contribution in [-0.2, 0) is 4.74 Å². The van der Waals surface area contributed by atoms with E-state index in [1.807, 2.05) is 39.0 Å². The molecule has 0 amide bonds. The molecule has 1 rings (SSSR count). The quantitative estimate of drug-likeness (QED) is 0.782. The van der Waals surface area contributed by atoms with Crippen LogP contribution in [0.25, 0.3) is 0 Å². The summed E-state index contributed by atoms with van der Waals surface area (Å²) >= 11 is 0. The first-order valence-electron chi connectivity index (χ1n) is 6.21. The Morgan fingerprint density at radius 2 is 2.06 bits per heavy atom. The summed E-state index contributed by atoms with van der Waals surface area (Å²) in [4.78, 5) is 0. The number of aliphatic hydroxyl groups excluding tert-OH is 1. The average molecular weight is 253 g/mol. The normalized spacial score (nSPS) is 12.6. The molecule has 4 nitrogen and oxygen atoms in total. The molecule has 102 valence electrons. The van der Waals surface area contributed by atoms with Crippen LogP contribution in [-0.4, -0.2) is 37.6 Å². The zero-order valence-corrected chi connectivity index (χ0v) is 11.6. The van der Waals surface area contributed by atoms with Crippen molar-refractivity contribution in [2.45, 2.75) is 33.0 Å². The number of rotatable bonds is 7. The Balaban J connectivity index is 2.41. The maximum atomic E-state index is 9.72. The fraction of sp³-hybridized carbons (Fsp3) is 0.571. The van der Waals surface area contributed by atoms with Gasteiger partial charge in [-0.25, -0.2) is 0 Å². The molecule has 0 radical (unpaired) electrons. The van der Waals surface area contributed by atoms with Crippen LogP contribution in [0.15, 0.2) is 18.2 Å². The molecule has 0 aliphatic rings. The van der Waals surface area contributed by atoms with Crippen molar-refractivity contribution >= 4 is 5.69 Å². The second-order valence-corrected chi connectivity index (χ2v) is 4.60. The topological polar surface area (TPSA) is 50.7 Å². The summed E-state index contributed by atoms with van der Waals surface area (Å²) in [6, 6.07) is 5.84. The first kappa shape index (κ1) is 14.8. The molecular weight excluding hydrogens is 230 g/mol. The summed E-state index contributed by atoms with van der Waals surface area (Å²) in [5, 5.41) is 12.9. The predicted octanol–water partition coefficient (Wildman–Crippen LogP) is 2.20. The van der Waals surface area contributed by atoms with Gasteiger partial charge in [0.25, 0.3) is 0 Å². The average Bonchev–Trinajstić information content (AvgIpc) is 2.34. The van der Waals surface area contributed by atoms with Crippen molar-refractivity contribution in [3.8, 4) is 5.75 Å². The van der Waals surface area contributed by atoms with Gasteiger partial charge in [0, 0.05) is 12.2 Å². The standard InChI is InChI=1S/C14H23NO3/c1-10(2)18-9-13(16)8-15-12-5-6-14(17-4)11(3)7-12/h5-7,10,13,15-16H,8-9H2,1-4H3. The number of hydrogen-bond acceptors (Lipinski definition) is 4. The number of benzene rings is 1. The van der Waals surface area contributed by atoms with E-state index in [1.54, 1.807) is 7.11 Å². The van der Waals surface area contributed by atoms with Gasteiger partial charge in [-0.1, -0.05) is 0 Å². The molecule has 1 atom stereocenters. The molecule has 0 bridgehead atoms. The summed E-state index contributed by atoms with van der Waals surface area (Å²) in [6.07, 6.45) is -0.363. The largest absolute Gasteiger partial charge is 0.496 e. The van der Waals surface area contributed by atoms with Gasteiger partial charge in [-0.15, -0.1) is 0 Å². The number of anilines is 1. The number of hydrogen-bond donors (Lipinski definition) is 2. The second-order valence-electron chi connectivity index (χ2n) is 4.60. The highest BCUT2D eigenvalue weighted by molar-refractivity contribution is 5.50. The van der Waals surface area contributed by atoms with Crippen molar-refractivity contribution in [3.05, 3.63) is 23.8 Å². The molecule has 0 saturated heterocycles. The van der Waals surface area contributed by atoms with Crippen LogP contribution in [0.2, 0.25) is 0 Å². The van der Waals surface area contributed by atoms with Gasteiger partial charge in [0.05, 0.1) is 25.9 Å². The van der Waals surface area contributed by atoms with Gasteiger partial charge in [0.15, 0.2) is 0 Å². The molecule has 0 aliphatic heterocycles. The van der Waals surface area contributed by atoms with Gasteiger partial charge in [-0.3, -0.25) is 0 Å². The first-order chi connectivity index (χ1) is 8.52. The number of ether oxygens (including phenoxy) is 2. The third kappa shape index (κ3) is 4.94. The van der Waals surface area contributed by atoms with Crippen LogP contribution < -0.4 is 10.1 Å². The van der Waals surface area contributed by atoms with E-state index < -0.39 is 6.10 Å². The van der Waals surface area contributed by atoms with E-state index in [2.05, 4.69) is 5.32 Å². The number of aliphatic hydroxyl groups is 1. The highest BCUT2D eigenvalue weighted by Crippen LogP contribution is 2.21. The summed E-state index contributed by atoms with van der Waals surface area (Å²) in [5.74, 6) is 0.865. The lowest BCUT2D eigenvalue weighted by atomic mass is 10.2. The first-order valence-corrected chi connectivity index (χ1v) is 6.21. The Morgan fingerprint density at radius 1 is 1.33 bits per heavy atom. The maximum absolute atomic E-state index is 9.72. The van der Waals surface area contributed by atoms with Gasteiger partial charge < -0.3 is 19.9 Å². The van der Waals surface area contributed by atoms with E-state index in [1.165, 1.54) is 0 Å². The van der Waals surface area contributed by atoms with Gasteiger partial charge in [-0.2, -0.15) is 0 Å². The number of nitrogens with one attached hydrogen (secondary N) is 1. The van der Waals surface area contributed by atoms with Crippen LogP contribution in [0.4, 0.5) is 5.69 Å². The van der Waals surface area contributed by atoms with Gasteiger partial charge >= 0.3 is 0 Å². The molecule has 1 aromatic carbocycles. The van der Waals surface area contributed by atoms with Crippen LogP contribution in [0, 0.1) is 6.92 Å². The van der Waals surface area contributed by atoms with Crippen molar-refractivity contribution in [1.29, 1.82) is 0 Å². The zero-order chi connectivity index (χ0) is 13.5. The summed E-state index contributed by atoms with van der Waals surface area (Å²) in [5.41, 5.74) is 2.03. The maximum Gasteiger partial charge on any atom is 0.121 e. The SMILES string of the molecule is COc1ccc(NCC(O)COC(C)C)cc1C. The van der Waals surface area contributed by atoms with E-state index in [4.69, 9.17) is 9.47 Å². The van der Waals surface area contributed by atoms with E-state index in [-0.39, 0.29) is 6.10 Å². The van der Waals surface area contributed by atoms with Gasteiger partial charge in [0.2, 0.25) is 0 Å². The predicted molar refractivity (Wildman–Crippen MR) is 73.3 cm³/mol. The van der Waals surface area contributed by atoms with Gasteiger partial charge in [0.1, 0.15) is 5.75 Å². The monoisotopic (exact) mass is 253 g/mol. The van der Waals surface area contributed by atoms with Crippen molar-refractivity contribution in [2.75, 3.05) is 25.6 Å². The Bertz CT molecular complexity index is 366. The molecular formula is C14H23NO3. The summed E-state index contributed by atoms with van der Waals surface area (Å²) in [7, 11) is 1.66. The van der Waals surface area contributed by atoms with Crippen molar-refractivity contribution < 1.29 is 14.6 Å². The molecule has 0 spiro atoms. The Morgan fingerprint density at radius 3 is 2.61 bits per heavy atom. The minimum atomic E-state index is -0.505. The third-order valence-corrected chi connectivity index (χ3v) is 2.56. The lowest BCUT2D eigenvalue weighted by Crippen LogP contribution is -2.26. The Hall–Kier alpha value is -1.26. The van der Waals surface area contributed by atoms with E-state index in [0.717, 1.165) is 17.0 Å². The Kier molecular flexibility index (Phi) is 5.95. The molecule has 2 N–H and O–H groups in total. The molecule has 0 heterocycles. The molecule has 0 aromatic heterocycles. The number of aryl methyl sites for hydroxylation is 1. The zero-order valence-electron chi connectivity index (χ0n) is 11.6. The van der Waals surface area contributed by atoms with Crippen LogP contribution in [0.5, 0.6) is 5.75 Å². The fourth-order valence-corrected chi connectivity index (χ4v) is 1.59. The fourth-order valence-electron chi connectivity index (χ4n) is 1.59. The third-order valence-electron chi connectivity index (χ3n) is 2.56. The van der Waals surface area contributed by atoms with Crippen molar-refractivity contribution in [1.82, 2.24) is 0 Å². The molecule has 1 aromatic rings. The number of methoxy groups -OCH3 is 1. The summed E-state index contributed by atoms with van der Waals surface area (Å²) < 4.78 is 10.5. The van der Waals surface area contributed by atoms with Crippen molar-refractivity contribution in [3.63, 3.8) is 0 Å². The molecule has 0 saturated carbocycles. The molecule has 0 aliphatic carbocycles. The highest BCUT2D eigenvalue weighted by atomic mass is 16.5. The molecule has 4 heteroatoms. The van der Waals surface area contributed by atoms with Crippen molar-refractivity contribution in [2.24, 2.45) is 0 Å². The minimum Gasteiger partial charge on any atom is -0.496 e. The van der Waals surface area contributed by atoms with E-state index in [9.17, 15) is 5.11 Å². The highest BCUT2D eigenvalue weighted by Gasteiger charge is 2.06.